The summed E-state index contributed by atoms with van der Waals surface area (Å²) in [4.78, 5) is 15.2. The summed E-state index contributed by atoms with van der Waals surface area (Å²) in [6, 6.07) is 1.82. The number of nitrogens with zero attached hydrogens (tertiary/aromatic N) is 1. The summed E-state index contributed by atoms with van der Waals surface area (Å²) in [5, 5.41) is 2.80. The molecule has 1 N–H and O–H groups in total. The van der Waals surface area contributed by atoms with Crippen LogP contribution < -0.4 is 14.8 Å². The third-order valence-corrected chi connectivity index (χ3v) is 2.72. The molecule has 0 aliphatic carbocycles. The lowest BCUT2D eigenvalue weighted by Gasteiger charge is -2.13. The molecule has 2 rings (SSSR count). The SMILES string of the molecule is COc1cc(C2CNC(=O)C2)c(OC)cn1. The maximum atomic E-state index is 11.2. The number of carbonyl (C=O) groups excluding carboxylic acids is 1. The Kier molecular flexibility index (Phi) is 2.94. The van der Waals surface area contributed by atoms with Gasteiger partial charge in [-0.25, -0.2) is 4.98 Å². The molecule has 5 heteroatoms. The van der Waals surface area contributed by atoms with Gasteiger partial charge in [-0.05, 0) is 0 Å². The first-order chi connectivity index (χ1) is 7.74. The van der Waals surface area contributed by atoms with Gasteiger partial charge in [-0.1, -0.05) is 0 Å². The second kappa shape index (κ2) is 4.38. The lowest BCUT2D eigenvalue weighted by molar-refractivity contribution is -0.119. The van der Waals surface area contributed by atoms with Crippen LogP contribution in [-0.2, 0) is 4.79 Å². The second-order valence-electron chi connectivity index (χ2n) is 3.67. The quantitative estimate of drug-likeness (QED) is 0.818. The predicted molar refractivity (Wildman–Crippen MR) is 57.7 cm³/mol. The number of amides is 1. The van der Waals surface area contributed by atoms with Gasteiger partial charge in [-0.15, -0.1) is 0 Å². The molecule has 2 heterocycles. The van der Waals surface area contributed by atoms with Gasteiger partial charge >= 0.3 is 0 Å². The highest BCUT2D eigenvalue weighted by Crippen LogP contribution is 2.32. The highest BCUT2D eigenvalue weighted by atomic mass is 16.5. The molecule has 1 unspecified atom stereocenters. The van der Waals surface area contributed by atoms with Gasteiger partial charge in [0.1, 0.15) is 5.75 Å². The van der Waals surface area contributed by atoms with Crippen molar-refractivity contribution in [3.05, 3.63) is 17.8 Å². The normalized spacial score (nSPS) is 19.4. The van der Waals surface area contributed by atoms with E-state index in [1.165, 1.54) is 0 Å². The van der Waals surface area contributed by atoms with E-state index in [2.05, 4.69) is 10.3 Å². The molecule has 86 valence electrons. The molecule has 0 radical (unpaired) electrons. The van der Waals surface area contributed by atoms with Gasteiger partial charge in [-0.2, -0.15) is 0 Å². The number of aromatic nitrogens is 1. The van der Waals surface area contributed by atoms with E-state index < -0.39 is 0 Å². The molecule has 0 aromatic carbocycles. The third kappa shape index (κ3) is 1.93. The molecule has 1 atom stereocenters. The molecule has 1 amide bonds. The van der Waals surface area contributed by atoms with E-state index in [1.807, 2.05) is 6.07 Å². The second-order valence-corrected chi connectivity index (χ2v) is 3.67. The number of pyridine rings is 1. The maximum Gasteiger partial charge on any atom is 0.220 e. The van der Waals surface area contributed by atoms with Gasteiger partial charge in [0.05, 0.1) is 20.4 Å². The predicted octanol–water partition coefficient (Wildman–Crippen LogP) is 0.702. The van der Waals surface area contributed by atoms with Gasteiger partial charge in [-0.3, -0.25) is 4.79 Å². The fraction of sp³-hybridized carbons (Fsp3) is 0.455. The summed E-state index contributed by atoms with van der Waals surface area (Å²) in [6.07, 6.45) is 2.11. The molecular formula is C11H14N2O3. The fourth-order valence-corrected chi connectivity index (χ4v) is 1.86. The first-order valence-corrected chi connectivity index (χ1v) is 5.09. The average molecular weight is 222 g/mol. The zero-order chi connectivity index (χ0) is 11.5. The van der Waals surface area contributed by atoms with Gasteiger partial charge in [0, 0.05) is 30.5 Å². The van der Waals surface area contributed by atoms with Crippen molar-refractivity contribution in [3.8, 4) is 11.6 Å². The van der Waals surface area contributed by atoms with Crippen molar-refractivity contribution in [1.82, 2.24) is 10.3 Å². The van der Waals surface area contributed by atoms with Gasteiger partial charge in [0.25, 0.3) is 0 Å². The number of carbonyl (C=O) groups is 1. The number of hydrogen-bond acceptors (Lipinski definition) is 4. The summed E-state index contributed by atoms with van der Waals surface area (Å²) in [6.45, 7) is 0.641. The summed E-state index contributed by atoms with van der Waals surface area (Å²) < 4.78 is 10.3. The summed E-state index contributed by atoms with van der Waals surface area (Å²) in [5.41, 5.74) is 0.965. The highest BCUT2D eigenvalue weighted by Gasteiger charge is 2.26. The Morgan fingerprint density at radius 3 is 2.81 bits per heavy atom. The van der Waals surface area contributed by atoms with E-state index in [9.17, 15) is 4.79 Å². The molecule has 1 fully saturated rings. The summed E-state index contributed by atoms with van der Waals surface area (Å²) in [5.74, 6) is 1.44. The molecule has 1 saturated heterocycles. The lowest BCUT2D eigenvalue weighted by atomic mass is 9.98. The van der Waals surface area contributed by atoms with Crippen molar-refractivity contribution in [2.24, 2.45) is 0 Å². The van der Waals surface area contributed by atoms with Crippen LogP contribution in [0.15, 0.2) is 12.3 Å². The van der Waals surface area contributed by atoms with Crippen LogP contribution in [0.3, 0.4) is 0 Å². The van der Waals surface area contributed by atoms with Crippen LogP contribution in [0.25, 0.3) is 0 Å². The van der Waals surface area contributed by atoms with E-state index in [-0.39, 0.29) is 11.8 Å². The topological polar surface area (TPSA) is 60.5 Å². The van der Waals surface area contributed by atoms with Crippen LogP contribution in [0.2, 0.25) is 0 Å². The monoisotopic (exact) mass is 222 g/mol. The number of rotatable bonds is 3. The molecule has 1 aromatic rings. The number of hydrogen-bond donors (Lipinski definition) is 1. The Balaban J connectivity index is 2.33. The first kappa shape index (κ1) is 10.7. The van der Waals surface area contributed by atoms with Crippen molar-refractivity contribution < 1.29 is 14.3 Å². The van der Waals surface area contributed by atoms with Crippen LogP contribution >= 0.6 is 0 Å². The lowest BCUT2D eigenvalue weighted by Crippen LogP contribution is -2.13. The third-order valence-electron chi connectivity index (χ3n) is 2.72. The zero-order valence-electron chi connectivity index (χ0n) is 9.32. The van der Waals surface area contributed by atoms with Gasteiger partial charge < -0.3 is 14.8 Å². The van der Waals surface area contributed by atoms with Crippen LogP contribution in [0.1, 0.15) is 17.9 Å². The molecule has 1 aromatic heterocycles. The van der Waals surface area contributed by atoms with Crippen LogP contribution in [0.5, 0.6) is 11.6 Å². The van der Waals surface area contributed by atoms with E-state index in [4.69, 9.17) is 9.47 Å². The van der Waals surface area contributed by atoms with Crippen LogP contribution in [-0.4, -0.2) is 31.7 Å². The minimum atomic E-state index is 0.0721. The molecule has 1 aliphatic heterocycles. The molecule has 16 heavy (non-hydrogen) atoms. The van der Waals surface area contributed by atoms with E-state index in [0.717, 1.165) is 5.56 Å². The summed E-state index contributed by atoms with van der Waals surface area (Å²) in [7, 11) is 3.16. The van der Waals surface area contributed by atoms with Gasteiger partial charge in [0.2, 0.25) is 11.8 Å². The van der Waals surface area contributed by atoms with Crippen molar-refractivity contribution in [2.45, 2.75) is 12.3 Å². The molecule has 5 nitrogen and oxygen atoms in total. The van der Waals surface area contributed by atoms with Crippen LogP contribution in [0, 0.1) is 0 Å². The number of nitrogens with one attached hydrogen (secondary N) is 1. The Bertz CT molecular complexity index is 406. The van der Waals surface area contributed by atoms with Crippen molar-refractivity contribution in [1.29, 1.82) is 0 Å². The fourth-order valence-electron chi connectivity index (χ4n) is 1.86. The van der Waals surface area contributed by atoms with Gasteiger partial charge in [0.15, 0.2) is 0 Å². The average Bonchev–Trinajstić information content (AvgIpc) is 2.75. The Morgan fingerprint density at radius 1 is 1.44 bits per heavy atom. The maximum absolute atomic E-state index is 11.2. The molecule has 0 bridgehead atoms. The zero-order valence-corrected chi connectivity index (χ0v) is 9.32. The largest absolute Gasteiger partial charge is 0.495 e. The number of methoxy groups -OCH3 is 2. The molecule has 0 spiro atoms. The minimum Gasteiger partial charge on any atom is -0.495 e. The first-order valence-electron chi connectivity index (χ1n) is 5.09. The standard InChI is InChI=1S/C11H14N2O3/c1-15-9-6-13-11(16-2)4-8(9)7-3-10(14)12-5-7/h4,6-7H,3,5H2,1-2H3,(H,12,14). The smallest absolute Gasteiger partial charge is 0.220 e. The molecule has 1 aliphatic rings. The van der Waals surface area contributed by atoms with Crippen molar-refractivity contribution >= 4 is 5.91 Å². The van der Waals surface area contributed by atoms with Crippen molar-refractivity contribution in [3.63, 3.8) is 0 Å². The van der Waals surface area contributed by atoms with E-state index >= 15 is 0 Å². The Labute approximate surface area is 93.8 Å². The Morgan fingerprint density at radius 2 is 2.25 bits per heavy atom. The highest BCUT2D eigenvalue weighted by molar-refractivity contribution is 5.79. The summed E-state index contributed by atoms with van der Waals surface area (Å²) >= 11 is 0. The minimum absolute atomic E-state index is 0.0721. The van der Waals surface area contributed by atoms with E-state index in [0.29, 0.717) is 24.6 Å². The number of ether oxygens (including phenoxy) is 2. The molecular weight excluding hydrogens is 208 g/mol. The van der Waals surface area contributed by atoms with E-state index in [1.54, 1.807) is 20.4 Å². The Hall–Kier alpha value is -1.78. The van der Waals surface area contributed by atoms with Crippen LogP contribution in [0.4, 0.5) is 0 Å². The van der Waals surface area contributed by atoms with Crippen molar-refractivity contribution in [2.75, 3.05) is 20.8 Å². The molecule has 0 saturated carbocycles.